The number of nitrogens with one attached hydrogen (secondary N) is 1. The number of nitrogens with two attached hydrogens (primary N) is 1. The summed E-state index contributed by atoms with van der Waals surface area (Å²) in [6, 6.07) is 7.39. The van der Waals surface area contributed by atoms with E-state index in [9.17, 15) is 0 Å². The van der Waals surface area contributed by atoms with E-state index in [1.807, 2.05) is 24.3 Å². The molecule has 0 aliphatic heterocycles. The molecule has 0 fully saturated rings. The van der Waals surface area contributed by atoms with Crippen LogP contribution in [0.15, 0.2) is 24.3 Å². The van der Waals surface area contributed by atoms with Crippen LogP contribution in [0.5, 0.6) is 5.75 Å². The highest BCUT2D eigenvalue weighted by Gasteiger charge is 1.97. The quantitative estimate of drug-likeness (QED) is 0.379. The van der Waals surface area contributed by atoms with Crippen LogP contribution in [0, 0.1) is 5.41 Å². The lowest BCUT2D eigenvalue weighted by atomic mass is 10.1. The Bertz CT molecular complexity index is 365. The molecule has 0 atom stereocenters. The molecule has 0 amide bonds. The van der Waals surface area contributed by atoms with Crippen LogP contribution < -0.4 is 10.5 Å². The van der Waals surface area contributed by atoms with E-state index in [2.05, 4.69) is 6.92 Å². The van der Waals surface area contributed by atoms with Gasteiger partial charge in [-0.15, -0.1) is 12.4 Å². The van der Waals surface area contributed by atoms with Gasteiger partial charge in [0.2, 0.25) is 0 Å². The van der Waals surface area contributed by atoms with Crippen molar-refractivity contribution in [1.29, 1.82) is 5.41 Å². The van der Waals surface area contributed by atoms with Gasteiger partial charge >= 0.3 is 0 Å². The summed E-state index contributed by atoms with van der Waals surface area (Å²) in [5.74, 6) is 0.953. The van der Waals surface area contributed by atoms with Gasteiger partial charge in [0.15, 0.2) is 0 Å². The van der Waals surface area contributed by atoms with E-state index in [1.54, 1.807) is 0 Å². The number of hydrogen-bond donors (Lipinski definition) is 2. The van der Waals surface area contributed by atoms with Gasteiger partial charge in [-0.1, -0.05) is 45.4 Å². The first kappa shape index (κ1) is 18.8. The smallest absolute Gasteiger partial charge is 0.122 e. The minimum Gasteiger partial charge on any atom is -0.494 e. The summed E-state index contributed by atoms with van der Waals surface area (Å²) in [6.45, 7) is 3.01. The van der Waals surface area contributed by atoms with E-state index in [-0.39, 0.29) is 18.2 Å². The first-order valence-electron chi connectivity index (χ1n) is 7.31. The molecule has 0 radical (unpaired) electrons. The Morgan fingerprint density at radius 2 is 1.55 bits per heavy atom. The highest BCUT2D eigenvalue weighted by molar-refractivity contribution is 5.94. The standard InChI is InChI=1S/C16H26N2O.ClH/c1-2-3-4-5-6-7-8-13-19-15-11-9-14(10-12-15)16(17)18;/h9-12H,2-8,13H2,1H3,(H3,17,18);1H. The summed E-state index contributed by atoms with van der Waals surface area (Å²) in [4.78, 5) is 0. The van der Waals surface area contributed by atoms with Crippen molar-refractivity contribution in [3.63, 3.8) is 0 Å². The largest absolute Gasteiger partial charge is 0.494 e. The molecular formula is C16H27ClN2O. The minimum atomic E-state index is 0. The third-order valence-corrected chi connectivity index (χ3v) is 3.18. The summed E-state index contributed by atoms with van der Waals surface area (Å²) in [6.07, 6.45) is 9.05. The van der Waals surface area contributed by atoms with Gasteiger partial charge in [-0.25, -0.2) is 0 Å². The lowest BCUT2D eigenvalue weighted by Gasteiger charge is -2.07. The molecule has 0 unspecified atom stereocenters. The van der Waals surface area contributed by atoms with Gasteiger partial charge in [0, 0.05) is 5.56 Å². The third kappa shape index (κ3) is 8.05. The van der Waals surface area contributed by atoms with E-state index < -0.39 is 0 Å². The van der Waals surface area contributed by atoms with Gasteiger partial charge in [-0.3, -0.25) is 5.41 Å². The molecule has 20 heavy (non-hydrogen) atoms. The summed E-state index contributed by atoms with van der Waals surface area (Å²) < 4.78 is 5.66. The first-order chi connectivity index (χ1) is 9.24. The predicted molar refractivity (Wildman–Crippen MR) is 88.2 cm³/mol. The van der Waals surface area contributed by atoms with Crippen molar-refractivity contribution in [3.05, 3.63) is 29.8 Å². The van der Waals surface area contributed by atoms with Crippen molar-refractivity contribution >= 4 is 18.2 Å². The Balaban J connectivity index is 0.00000361. The fourth-order valence-corrected chi connectivity index (χ4v) is 1.98. The monoisotopic (exact) mass is 298 g/mol. The van der Waals surface area contributed by atoms with E-state index >= 15 is 0 Å². The fraction of sp³-hybridized carbons (Fsp3) is 0.562. The number of unbranched alkanes of at least 4 members (excludes halogenated alkanes) is 6. The second-order valence-electron chi connectivity index (χ2n) is 4.91. The lowest BCUT2D eigenvalue weighted by molar-refractivity contribution is 0.304. The van der Waals surface area contributed by atoms with Crippen molar-refractivity contribution in [2.24, 2.45) is 5.73 Å². The van der Waals surface area contributed by atoms with E-state index in [1.165, 1.54) is 38.5 Å². The molecule has 0 saturated heterocycles. The molecule has 4 heteroatoms. The van der Waals surface area contributed by atoms with Gasteiger partial charge in [-0.05, 0) is 30.7 Å². The first-order valence-corrected chi connectivity index (χ1v) is 7.31. The zero-order chi connectivity index (χ0) is 13.9. The summed E-state index contributed by atoms with van der Waals surface area (Å²) in [5.41, 5.74) is 6.14. The van der Waals surface area contributed by atoms with Crippen LogP contribution in [0.25, 0.3) is 0 Å². The highest BCUT2D eigenvalue weighted by Crippen LogP contribution is 2.13. The van der Waals surface area contributed by atoms with E-state index in [0.29, 0.717) is 0 Å². The Hall–Kier alpha value is -1.22. The molecule has 114 valence electrons. The zero-order valence-corrected chi connectivity index (χ0v) is 13.2. The van der Waals surface area contributed by atoms with Crippen molar-refractivity contribution in [2.75, 3.05) is 6.61 Å². The van der Waals surface area contributed by atoms with Crippen LogP contribution in [0.3, 0.4) is 0 Å². The molecule has 1 aromatic rings. The van der Waals surface area contributed by atoms with E-state index in [4.69, 9.17) is 15.9 Å². The Morgan fingerprint density at radius 3 is 2.10 bits per heavy atom. The molecule has 3 N–H and O–H groups in total. The van der Waals surface area contributed by atoms with Gasteiger partial charge < -0.3 is 10.5 Å². The molecule has 0 saturated carbocycles. The minimum absolute atomic E-state index is 0. The number of nitrogen functional groups attached to an aromatic ring is 1. The van der Waals surface area contributed by atoms with Gasteiger partial charge in [0.1, 0.15) is 11.6 Å². The maximum absolute atomic E-state index is 7.30. The Kier molecular flexibility index (Phi) is 10.9. The number of rotatable bonds is 10. The van der Waals surface area contributed by atoms with Crippen molar-refractivity contribution in [2.45, 2.75) is 51.9 Å². The molecule has 0 aromatic heterocycles. The van der Waals surface area contributed by atoms with Gasteiger partial charge in [0.25, 0.3) is 0 Å². The number of benzene rings is 1. The van der Waals surface area contributed by atoms with Crippen LogP contribution in [0.4, 0.5) is 0 Å². The van der Waals surface area contributed by atoms with E-state index in [0.717, 1.165) is 24.3 Å². The normalized spacial score (nSPS) is 9.85. The zero-order valence-electron chi connectivity index (χ0n) is 12.4. The molecule has 1 rings (SSSR count). The van der Waals surface area contributed by atoms with Crippen molar-refractivity contribution < 1.29 is 4.74 Å². The molecule has 1 aromatic carbocycles. The molecule has 0 heterocycles. The van der Waals surface area contributed by atoms with Crippen LogP contribution >= 0.6 is 12.4 Å². The molecular weight excluding hydrogens is 272 g/mol. The van der Waals surface area contributed by atoms with Crippen LogP contribution in [0.2, 0.25) is 0 Å². The topological polar surface area (TPSA) is 59.1 Å². The second-order valence-corrected chi connectivity index (χ2v) is 4.91. The summed E-state index contributed by atoms with van der Waals surface area (Å²) in [7, 11) is 0. The number of ether oxygens (including phenoxy) is 1. The van der Waals surface area contributed by atoms with Crippen molar-refractivity contribution in [3.8, 4) is 5.75 Å². The molecule has 0 aliphatic rings. The average molecular weight is 299 g/mol. The Labute approximate surface area is 128 Å². The summed E-state index contributed by atoms with van der Waals surface area (Å²) in [5, 5.41) is 7.30. The number of amidine groups is 1. The lowest BCUT2D eigenvalue weighted by Crippen LogP contribution is -2.10. The SMILES string of the molecule is CCCCCCCCCOc1ccc(C(=N)N)cc1.Cl. The summed E-state index contributed by atoms with van der Waals surface area (Å²) >= 11 is 0. The van der Waals surface area contributed by atoms with Gasteiger partial charge in [-0.2, -0.15) is 0 Å². The highest BCUT2D eigenvalue weighted by atomic mass is 35.5. The van der Waals surface area contributed by atoms with Gasteiger partial charge in [0.05, 0.1) is 6.61 Å². The predicted octanol–water partition coefficient (Wildman–Crippen LogP) is 4.52. The Morgan fingerprint density at radius 1 is 1.00 bits per heavy atom. The third-order valence-electron chi connectivity index (χ3n) is 3.18. The fourth-order valence-electron chi connectivity index (χ4n) is 1.98. The van der Waals surface area contributed by atoms with Crippen LogP contribution in [0.1, 0.15) is 57.4 Å². The number of hydrogen-bond acceptors (Lipinski definition) is 2. The molecule has 0 aliphatic carbocycles. The van der Waals surface area contributed by atoms with Crippen LogP contribution in [-0.4, -0.2) is 12.4 Å². The number of halogens is 1. The molecule has 3 nitrogen and oxygen atoms in total. The van der Waals surface area contributed by atoms with Crippen molar-refractivity contribution in [1.82, 2.24) is 0 Å². The maximum Gasteiger partial charge on any atom is 0.122 e. The average Bonchev–Trinajstić information content (AvgIpc) is 2.42. The van der Waals surface area contributed by atoms with Crippen LogP contribution in [-0.2, 0) is 0 Å². The molecule has 0 bridgehead atoms. The second kappa shape index (κ2) is 11.6. The maximum atomic E-state index is 7.30. The molecule has 0 spiro atoms.